The Bertz CT molecular complexity index is 738. The third-order valence-electron chi connectivity index (χ3n) is 4.34. The van der Waals surface area contributed by atoms with Crippen LogP contribution < -0.4 is 10.6 Å². The topological polar surface area (TPSA) is 46.3 Å². The summed E-state index contributed by atoms with van der Waals surface area (Å²) in [6, 6.07) is 11.1. The second-order valence-corrected chi connectivity index (χ2v) is 5.82. The number of carbonyl (C=O) groups excluding carboxylic acids is 1. The number of β-lactam (4-membered cyclic amide) rings is 1. The van der Waals surface area contributed by atoms with Crippen LogP contribution >= 0.6 is 0 Å². The van der Waals surface area contributed by atoms with Crippen LogP contribution in [-0.2, 0) is 17.4 Å². The number of benzene rings is 2. The first-order chi connectivity index (χ1) is 11.3. The molecule has 6 heteroatoms. The number of carbonyl (C=O) groups is 1. The van der Waals surface area contributed by atoms with E-state index >= 15 is 0 Å². The van der Waals surface area contributed by atoms with Crippen molar-refractivity contribution in [3.8, 4) is 0 Å². The molecule has 2 atom stereocenters. The molecule has 0 saturated carbocycles. The van der Waals surface area contributed by atoms with Crippen LogP contribution in [0.1, 0.15) is 29.7 Å². The molecule has 1 aliphatic heterocycles. The molecule has 126 valence electrons. The summed E-state index contributed by atoms with van der Waals surface area (Å²) < 4.78 is 38.0. The van der Waals surface area contributed by atoms with E-state index in [9.17, 15) is 18.0 Å². The van der Waals surface area contributed by atoms with E-state index in [1.54, 1.807) is 0 Å². The van der Waals surface area contributed by atoms with Gasteiger partial charge in [-0.2, -0.15) is 13.2 Å². The molecule has 1 aliphatic rings. The lowest BCUT2D eigenvalue weighted by Gasteiger charge is -2.45. The van der Waals surface area contributed by atoms with Gasteiger partial charge in [0.05, 0.1) is 11.6 Å². The highest BCUT2D eigenvalue weighted by Gasteiger charge is 2.46. The molecule has 1 heterocycles. The minimum absolute atomic E-state index is 0.232. The summed E-state index contributed by atoms with van der Waals surface area (Å²) in [5, 5.41) is 0. The highest BCUT2D eigenvalue weighted by atomic mass is 19.4. The monoisotopic (exact) mass is 334 g/mol. The van der Waals surface area contributed by atoms with Crippen LogP contribution in [0.25, 0.3) is 0 Å². The van der Waals surface area contributed by atoms with Crippen molar-refractivity contribution in [2.24, 2.45) is 5.73 Å². The highest BCUT2D eigenvalue weighted by molar-refractivity contribution is 6.05. The average Bonchev–Trinajstić information content (AvgIpc) is 2.58. The third-order valence-corrected chi connectivity index (χ3v) is 4.34. The van der Waals surface area contributed by atoms with E-state index in [0.29, 0.717) is 11.3 Å². The van der Waals surface area contributed by atoms with Gasteiger partial charge in [0.1, 0.15) is 6.04 Å². The molecule has 1 saturated heterocycles. The summed E-state index contributed by atoms with van der Waals surface area (Å²) in [6.45, 7) is 2.03. The zero-order valence-electron chi connectivity index (χ0n) is 13.0. The molecule has 0 aromatic heterocycles. The van der Waals surface area contributed by atoms with E-state index in [2.05, 4.69) is 0 Å². The van der Waals surface area contributed by atoms with Crippen molar-refractivity contribution in [2.75, 3.05) is 4.90 Å². The number of nitrogens with zero attached hydrogens (tertiary/aromatic N) is 1. The fourth-order valence-corrected chi connectivity index (χ4v) is 2.92. The van der Waals surface area contributed by atoms with Crippen LogP contribution in [0.5, 0.6) is 0 Å². The van der Waals surface area contributed by atoms with Gasteiger partial charge in [-0.25, -0.2) is 0 Å². The Morgan fingerprint density at radius 2 is 1.62 bits per heavy atom. The van der Waals surface area contributed by atoms with Crippen LogP contribution in [0, 0.1) is 0 Å². The Morgan fingerprint density at radius 1 is 1.04 bits per heavy atom. The van der Waals surface area contributed by atoms with Gasteiger partial charge in [-0.1, -0.05) is 31.2 Å². The zero-order chi connectivity index (χ0) is 17.5. The lowest BCUT2D eigenvalue weighted by atomic mass is 9.88. The lowest BCUT2D eigenvalue weighted by Crippen LogP contribution is -2.63. The quantitative estimate of drug-likeness (QED) is 0.871. The van der Waals surface area contributed by atoms with Gasteiger partial charge in [-0.05, 0) is 41.8 Å². The number of aryl methyl sites for hydroxylation is 1. The van der Waals surface area contributed by atoms with Gasteiger partial charge in [-0.15, -0.1) is 0 Å². The van der Waals surface area contributed by atoms with Crippen molar-refractivity contribution in [1.29, 1.82) is 0 Å². The number of rotatable bonds is 3. The van der Waals surface area contributed by atoms with Gasteiger partial charge in [0.2, 0.25) is 5.91 Å². The molecule has 1 fully saturated rings. The fourth-order valence-electron chi connectivity index (χ4n) is 2.92. The number of nitrogens with two attached hydrogens (primary N) is 1. The lowest BCUT2D eigenvalue weighted by molar-refractivity contribution is -0.137. The van der Waals surface area contributed by atoms with E-state index in [4.69, 9.17) is 5.73 Å². The number of amides is 1. The number of alkyl halides is 3. The summed E-state index contributed by atoms with van der Waals surface area (Å²) >= 11 is 0. The highest BCUT2D eigenvalue weighted by Crippen LogP contribution is 2.39. The largest absolute Gasteiger partial charge is 0.416 e. The number of hydrogen-bond donors (Lipinski definition) is 1. The van der Waals surface area contributed by atoms with E-state index in [1.165, 1.54) is 17.0 Å². The van der Waals surface area contributed by atoms with Crippen LogP contribution in [0.15, 0.2) is 48.5 Å². The van der Waals surface area contributed by atoms with Gasteiger partial charge in [0.15, 0.2) is 0 Å². The van der Waals surface area contributed by atoms with Crippen molar-refractivity contribution < 1.29 is 18.0 Å². The van der Waals surface area contributed by atoms with E-state index < -0.39 is 23.8 Å². The summed E-state index contributed by atoms with van der Waals surface area (Å²) in [5.41, 5.74) is 7.61. The van der Waals surface area contributed by atoms with Gasteiger partial charge < -0.3 is 10.6 Å². The second-order valence-electron chi connectivity index (χ2n) is 5.82. The van der Waals surface area contributed by atoms with Crippen LogP contribution in [-0.4, -0.2) is 11.9 Å². The van der Waals surface area contributed by atoms with Crippen LogP contribution in [0.4, 0.5) is 18.9 Å². The molecule has 0 aliphatic carbocycles. The first-order valence-corrected chi connectivity index (χ1v) is 7.67. The molecule has 0 radical (unpaired) electrons. The van der Waals surface area contributed by atoms with Crippen molar-refractivity contribution in [2.45, 2.75) is 31.6 Å². The molecule has 0 spiro atoms. The maximum Gasteiger partial charge on any atom is 0.416 e. The maximum atomic E-state index is 12.7. The zero-order valence-corrected chi connectivity index (χ0v) is 13.0. The molecular weight excluding hydrogens is 317 g/mol. The normalized spacial score (nSPS) is 20.9. The van der Waals surface area contributed by atoms with Crippen molar-refractivity contribution in [3.63, 3.8) is 0 Å². The Kier molecular flexibility index (Phi) is 4.09. The van der Waals surface area contributed by atoms with Gasteiger partial charge >= 0.3 is 6.18 Å². The second kappa shape index (κ2) is 5.94. The maximum absolute atomic E-state index is 12.7. The molecule has 1 amide bonds. The number of halogens is 3. The first-order valence-electron chi connectivity index (χ1n) is 7.67. The van der Waals surface area contributed by atoms with Crippen molar-refractivity contribution in [3.05, 3.63) is 65.2 Å². The minimum atomic E-state index is -4.38. The Balaban J connectivity index is 1.89. The summed E-state index contributed by atoms with van der Waals surface area (Å²) in [4.78, 5) is 13.7. The minimum Gasteiger partial charge on any atom is -0.318 e. The third kappa shape index (κ3) is 2.78. The molecule has 2 aromatic rings. The molecular formula is C18H17F3N2O. The number of hydrogen-bond acceptors (Lipinski definition) is 2. The Morgan fingerprint density at radius 3 is 2.12 bits per heavy atom. The van der Waals surface area contributed by atoms with Gasteiger partial charge in [0.25, 0.3) is 0 Å². The number of anilines is 1. The predicted octanol–water partition coefficient (Wildman–Crippen LogP) is 3.68. The van der Waals surface area contributed by atoms with Crippen LogP contribution in [0.3, 0.4) is 0 Å². The van der Waals surface area contributed by atoms with Crippen molar-refractivity contribution >= 4 is 11.6 Å². The van der Waals surface area contributed by atoms with Gasteiger partial charge in [-0.3, -0.25) is 4.79 Å². The smallest absolute Gasteiger partial charge is 0.318 e. The molecule has 0 bridgehead atoms. The van der Waals surface area contributed by atoms with E-state index in [-0.39, 0.29) is 5.91 Å². The molecule has 3 nitrogen and oxygen atoms in total. The molecule has 2 unspecified atom stereocenters. The SMILES string of the molecule is CCc1ccc(N2C(=O)C(N)C2c2ccc(C(F)(F)F)cc2)cc1. The van der Waals surface area contributed by atoms with Crippen LogP contribution in [0.2, 0.25) is 0 Å². The average molecular weight is 334 g/mol. The Hall–Kier alpha value is -2.34. The Labute approximate surface area is 137 Å². The first kappa shape index (κ1) is 16.5. The molecule has 2 N–H and O–H groups in total. The van der Waals surface area contributed by atoms with Crippen molar-refractivity contribution in [1.82, 2.24) is 0 Å². The predicted molar refractivity (Wildman–Crippen MR) is 85.5 cm³/mol. The standard InChI is InChI=1S/C18H17F3N2O/c1-2-11-3-9-14(10-4-11)23-16(15(22)17(23)24)12-5-7-13(8-6-12)18(19,20)21/h3-10,15-16H,2,22H2,1H3. The van der Waals surface area contributed by atoms with E-state index in [1.807, 2.05) is 31.2 Å². The molecule has 24 heavy (non-hydrogen) atoms. The fraction of sp³-hybridized carbons (Fsp3) is 0.278. The van der Waals surface area contributed by atoms with E-state index in [0.717, 1.165) is 24.1 Å². The van der Waals surface area contributed by atoms with Gasteiger partial charge in [0, 0.05) is 5.69 Å². The molecule has 2 aromatic carbocycles. The molecule has 3 rings (SSSR count). The summed E-state index contributed by atoms with van der Waals surface area (Å²) in [5.74, 6) is -0.232. The summed E-state index contributed by atoms with van der Waals surface area (Å²) in [7, 11) is 0. The summed E-state index contributed by atoms with van der Waals surface area (Å²) in [6.07, 6.45) is -3.50.